The monoisotopic (exact) mass is 385 g/mol. The third kappa shape index (κ3) is 6.26. The molecule has 1 saturated heterocycles. The number of hydrogen-bond acceptors (Lipinski definition) is 4. The third-order valence-electron chi connectivity index (χ3n) is 4.95. The van der Waals surface area contributed by atoms with Crippen molar-refractivity contribution in [3.63, 3.8) is 0 Å². The highest BCUT2D eigenvalue weighted by Crippen LogP contribution is 2.17. The van der Waals surface area contributed by atoms with E-state index in [9.17, 15) is 0 Å². The van der Waals surface area contributed by atoms with Crippen molar-refractivity contribution in [3.05, 3.63) is 52.2 Å². The summed E-state index contributed by atoms with van der Waals surface area (Å²) in [7, 11) is 1.83. The van der Waals surface area contributed by atoms with Gasteiger partial charge in [0.25, 0.3) is 0 Å². The number of guanidine groups is 1. The van der Waals surface area contributed by atoms with Gasteiger partial charge in [-0.25, -0.2) is 0 Å². The van der Waals surface area contributed by atoms with E-state index in [0.29, 0.717) is 0 Å². The van der Waals surface area contributed by atoms with Crippen LogP contribution in [-0.4, -0.2) is 57.2 Å². The molecule has 0 atom stereocenters. The standard InChI is InChI=1S/C21H31N5S/c1-18-5-3-6-20(15-18)26-12-10-25(11-13-26)9-4-8-23-21(22-2)24-16-19-7-14-27-17-19/h3,5-7,14-15,17H,4,8-13,16H2,1-2H3,(H2,22,23,24). The Labute approximate surface area is 167 Å². The van der Waals surface area contributed by atoms with Crippen molar-refractivity contribution in [2.24, 2.45) is 4.99 Å². The molecule has 0 unspecified atom stereocenters. The van der Waals surface area contributed by atoms with E-state index in [1.807, 2.05) is 7.05 Å². The Balaban J connectivity index is 1.31. The van der Waals surface area contributed by atoms with Crippen LogP contribution in [0, 0.1) is 6.92 Å². The van der Waals surface area contributed by atoms with Gasteiger partial charge in [-0.15, -0.1) is 0 Å². The second-order valence-electron chi connectivity index (χ2n) is 7.01. The third-order valence-corrected chi connectivity index (χ3v) is 5.68. The SMILES string of the molecule is CN=C(NCCCN1CCN(c2cccc(C)c2)CC1)NCc1ccsc1. The molecule has 6 heteroatoms. The number of rotatable bonds is 7. The van der Waals surface area contributed by atoms with Crippen molar-refractivity contribution >= 4 is 23.0 Å². The fourth-order valence-electron chi connectivity index (χ4n) is 3.36. The lowest BCUT2D eigenvalue weighted by Gasteiger charge is -2.36. The fraction of sp³-hybridized carbons (Fsp3) is 0.476. The first kappa shape index (κ1) is 19.7. The zero-order chi connectivity index (χ0) is 18.9. The van der Waals surface area contributed by atoms with Crippen LogP contribution in [0.15, 0.2) is 46.1 Å². The van der Waals surface area contributed by atoms with Crippen LogP contribution in [0.25, 0.3) is 0 Å². The van der Waals surface area contributed by atoms with Crippen LogP contribution in [-0.2, 0) is 6.54 Å². The molecule has 1 aliphatic rings. The summed E-state index contributed by atoms with van der Waals surface area (Å²) < 4.78 is 0. The summed E-state index contributed by atoms with van der Waals surface area (Å²) in [4.78, 5) is 9.36. The highest BCUT2D eigenvalue weighted by atomic mass is 32.1. The molecule has 1 fully saturated rings. The van der Waals surface area contributed by atoms with E-state index in [4.69, 9.17) is 0 Å². The van der Waals surface area contributed by atoms with Gasteiger partial charge in [0.05, 0.1) is 0 Å². The van der Waals surface area contributed by atoms with Crippen LogP contribution >= 0.6 is 11.3 Å². The van der Waals surface area contributed by atoms with Gasteiger partial charge in [-0.1, -0.05) is 12.1 Å². The van der Waals surface area contributed by atoms with Crippen molar-refractivity contribution in [2.75, 3.05) is 51.2 Å². The summed E-state index contributed by atoms with van der Waals surface area (Å²) in [5.74, 6) is 0.880. The van der Waals surface area contributed by atoms with Gasteiger partial charge < -0.3 is 15.5 Å². The van der Waals surface area contributed by atoms with E-state index in [1.165, 1.54) is 16.8 Å². The Morgan fingerprint density at radius 1 is 1.15 bits per heavy atom. The van der Waals surface area contributed by atoms with Crippen LogP contribution in [0.2, 0.25) is 0 Å². The number of nitrogens with one attached hydrogen (secondary N) is 2. The predicted octanol–water partition coefficient (Wildman–Crippen LogP) is 2.93. The molecule has 0 spiro atoms. The topological polar surface area (TPSA) is 42.9 Å². The minimum absolute atomic E-state index is 0.824. The van der Waals surface area contributed by atoms with Gasteiger partial charge in [0.15, 0.2) is 5.96 Å². The molecule has 1 aliphatic heterocycles. The van der Waals surface area contributed by atoms with E-state index >= 15 is 0 Å². The number of anilines is 1. The van der Waals surface area contributed by atoms with Crippen molar-refractivity contribution in [2.45, 2.75) is 19.9 Å². The first-order chi connectivity index (χ1) is 13.2. The number of nitrogens with zero attached hydrogens (tertiary/aromatic N) is 3. The van der Waals surface area contributed by atoms with Gasteiger partial charge in [-0.05, 0) is 60.0 Å². The van der Waals surface area contributed by atoms with Gasteiger partial charge in [0.2, 0.25) is 0 Å². The normalized spacial score (nSPS) is 15.8. The maximum absolute atomic E-state index is 4.30. The molecule has 0 aliphatic carbocycles. The molecular formula is C21H31N5S. The van der Waals surface area contributed by atoms with Crippen molar-refractivity contribution < 1.29 is 0 Å². The molecule has 27 heavy (non-hydrogen) atoms. The molecule has 2 N–H and O–H groups in total. The zero-order valence-corrected chi connectivity index (χ0v) is 17.3. The molecule has 3 rings (SSSR count). The van der Waals surface area contributed by atoms with Crippen LogP contribution in [0.4, 0.5) is 5.69 Å². The van der Waals surface area contributed by atoms with E-state index in [2.05, 4.69) is 73.4 Å². The van der Waals surface area contributed by atoms with E-state index in [1.54, 1.807) is 11.3 Å². The Kier molecular flexibility index (Phi) is 7.54. The highest BCUT2D eigenvalue weighted by molar-refractivity contribution is 7.07. The number of piperazine rings is 1. The first-order valence-electron chi connectivity index (χ1n) is 9.74. The molecule has 146 valence electrons. The molecule has 0 bridgehead atoms. The summed E-state index contributed by atoms with van der Waals surface area (Å²) in [5.41, 5.74) is 3.99. The number of hydrogen-bond donors (Lipinski definition) is 2. The van der Waals surface area contributed by atoms with Crippen LogP contribution in [0.3, 0.4) is 0 Å². The Hall–Kier alpha value is -2.05. The average molecular weight is 386 g/mol. The quantitative estimate of drug-likeness (QED) is 0.437. The molecule has 1 aromatic carbocycles. The van der Waals surface area contributed by atoms with E-state index in [0.717, 1.165) is 58.2 Å². The zero-order valence-electron chi connectivity index (χ0n) is 16.4. The van der Waals surface area contributed by atoms with Gasteiger partial charge in [0.1, 0.15) is 0 Å². The number of aliphatic imine (C=N–C) groups is 1. The number of thiophene rings is 1. The lowest BCUT2D eigenvalue weighted by atomic mass is 10.2. The largest absolute Gasteiger partial charge is 0.369 e. The molecular weight excluding hydrogens is 354 g/mol. The lowest BCUT2D eigenvalue weighted by molar-refractivity contribution is 0.255. The summed E-state index contributed by atoms with van der Waals surface area (Å²) in [5, 5.41) is 11.0. The van der Waals surface area contributed by atoms with Crippen LogP contribution < -0.4 is 15.5 Å². The lowest BCUT2D eigenvalue weighted by Crippen LogP contribution is -2.47. The van der Waals surface area contributed by atoms with Gasteiger partial charge in [0, 0.05) is 52.0 Å². The molecule has 0 saturated carbocycles. The summed E-state index contributed by atoms with van der Waals surface area (Å²) in [6.45, 7) is 9.57. The molecule has 2 aromatic rings. The van der Waals surface area contributed by atoms with Crippen LogP contribution in [0.5, 0.6) is 0 Å². The van der Waals surface area contributed by atoms with Gasteiger partial charge in [-0.2, -0.15) is 11.3 Å². The van der Waals surface area contributed by atoms with Crippen molar-refractivity contribution in [1.29, 1.82) is 0 Å². The molecule has 5 nitrogen and oxygen atoms in total. The maximum Gasteiger partial charge on any atom is 0.191 e. The van der Waals surface area contributed by atoms with Crippen LogP contribution in [0.1, 0.15) is 17.5 Å². The summed E-state index contributed by atoms with van der Waals surface area (Å²) >= 11 is 1.73. The summed E-state index contributed by atoms with van der Waals surface area (Å²) in [6.07, 6.45) is 1.13. The number of aryl methyl sites for hydroxylation is 1. The Bertz CT molecular complexity index is 705. The fourth-order valence-corrected chi connectivity index (χ4v) is 4.03. The Morgan fingerprint density at radius 3 is 2.70 bits per heavy atom. The van der Waals surface area contributed by atoms with Gasteiger partial charge in [-0.3, -0.25) is 9.89 Å². The maximum atomic E-state index is 4.30. The smallest absolute Gasteiger partial charge is 0.191 e. The minimum Gasteiger partial charge on any atom is -0.369 e. The minimum atomic E-state index is 0.824. The molecule has 2 heterocycles. The number of benzene rings is 1. The summed E-state index contributed by atoms with van der Waals surface area (Å²) in [6, 6.07) is 11.0. The van der Waals surface area contributed by atoms with E-state index < -0.39 is 0 Å². The predicted molar refractivity (Wildman–Crippen MR) is 117 cm³/mol. The van der Waals surface area contributed by atoms with Crippen molar-refractivity contribution in [3.8, 4) is 0 Å². The highest BCUT2D eigenvalue weighted by Gasteiger charge is 2.16. The first-order valence-corrected chi connectivity index (χ1v) is 10.7. The Morgan fingerprint density at radius 2 is 2.00 bits per heavy atom. The van der Waals surface area contributed by atoms with E-state index in [-0.39, 0.29) is 0 Å². The second-order valence-corrected chi connectivity index (χ2v) is 7.79. The average Bonchev–Trinajstić information content (AvgIpc) is 3.21. The second kappa shape index (κ2) is 10.3. The van der Waals surface area contributed by atoms with Gasteiger partial charge >= 0.3 is 0 Å². The molecule has 0 amide bonds. The molecule has 1 aromatic heterocycles. The van der Waals surface area contributed by atoms with Crippen molar-refractivity contribution in [1.82, 2.24) is 15.5 Å². The molecule has 0 radical (unpaired) electrons.